The summed E-state index contributed by atoms with van der Waals surface area (Å²) in [7, 11) is -2.46. The first-order valence-electron chi connectivity index (χ1n) is 9.72. The minimum Gasteiger partial charge on any atom is -0.497 e. The van der Waals surface area contributed by atoms with E-state index in [1.165, 1.54) is 38.3 Å². The Morgan fingerprint density at radius 3 is 2.30 bits per heavy atom. The van der Waals surface area contributed by atoms with E-state index in [1.807, 2.05) is 0 Å². The molecular weight excluding hydrogens is 468 g/mol. The van der Waals surface area contributed by atoms with Crippen LogP contribution in [0.3, 0.4) is 0 Å². The van der Waals surface area contributed by atoms with Crippen LogP contribution in [0.1, 0.15) is 17.3 Å². The molecule has 0 heterocycles. The Hall–Kier alpha value is -3.56. The number of methoxy groups -OCH3 is 1. The second kappa shape index (κ2) is 10.4. The van der Waals surface area contributed by atoms with Crippen LogP contribution in [0.25, 0.3) is 0 Å². The van der Waals surface area contributed by atoms with Crippen LogP contribution < -0.4 is 14.8 Å². The summed E-state index contributed by atoms with van der Waals surface area (Å²) in [6.45, 7) is 1.41. The number of hydrogen-bond donors (Lipinski definition) is 2. The molecule has 0 saturated carbocycles. The second-order valence-corrected chi connectivity index (χ2v) is 9.03. The highest BCUT2D eigenvalue weighted by molar-refractivity contribution is 7.92. The summed E-state index contributed by atoms with van der Waals surface area (Å²) < 4.78 is 38.1. The number of hydrogen-bond acceptors (Lipinski definition) is 6. The van der Waals surface area contributed by atoms with Gasteiger partial charge in [0.2, 0.25) is 0 Å². The van der Waals surface area contributed by atoms with Crippen molar-refractivity contribution in [3.8, 4) is 5.75 Å². The molecule has 3 aromatic carbocycles. The van der Waals surface area contributed by atoms with Gasteiger partial charge in [-0.15, -0.1) is 0 Å². The van der Waals surface area contributed by atoms with Crippen LogP contribution in [0.5, 0.6) is 5.75 Å². The monoisotopic (exact) mass is 488 g/mol. The smallest absolute Gasteiger partial charge is 0.338 e. The lowest BCUT2D eigenvalue weighted by atomic mass is 10.2. The van der Waals surface area contributed by atoms with Crippen molar-refractivity contribution in [2.24, 2.45) is 0 Å². The maximum atomic E-state index is 12.7. The Labute approximate surface area is 196 Å². The van der Waals surface area contributed by atoms with Crippen molar-refractivity contribution < 1.29 is 27.5 Å². The highest BCUT2D eigenvalue weighted by Gasteiger charge is 2.21. The van der Waals surface area contributed by atoms with E-state index in [1.54, 1.807) is 48.5 Å². The molecule has 33 heavy (non-hydrogen) atoms. The van der Waals surface area contributed by atoms with Gasteiger partial charge in [-0.3, -0.25) is 9.52 Å². The predicted molar refractivity (Wildman–Crippen MR) is 125 cm³/mol. The normalized spacial score (nSPS) is 11.8. The van der Waals surface area contributed by atoms with Crippen LogP contribution in [0.2, 0.25) is 5.02 Å². The highest BCUT2D eigenvalue weighted by atomic mass is 35.5. The van der Waals surface area contributed by atoms with Crippen molar-refractivity contribution >= 4 is 44.9 Å². The van der Waals surface area contributed by atoms with Gasteiger partial charge in [-0.1, -0.05) is 23.7 Å². The van der Waals surface area contributed by atoms with Crippen molar-refractivity contribution in [2.75, 3.05) is 17.1 Å². The molecule has 0 saturated heterocycles. The molecule has 0 aliphatic carbocycles. The highest BCUT2D eigenvalue weighted by Crippen LogP contribution is 2.21. The molecule has 2 N–H and O–H groups in total. The fourth-order valence-corrected chi connectivity index (χ4v) is 4.05. The maximum Gasteiger partial charge on any atom is 0.338 e. The molecule has 8 nitrogen and oxygen atoms in total. The summed E-state index contributed by atoms with van der Waals surface area (Å²) >= 11 is 5.89. The largest absolute Gasteiger partial charge is 0.497 e. The van der Waals surface area contributed by atoms with Crippen LogP contribution in [0, 0.1) is 0 Å². The lowest BCUT2D eigenvalue weighted by Crippen LogP contribution is -2.30. The van der Waals surface area contributed by atoms with Gasteiger partial charge in [0.05, 0.1) is 17.6 Å². The van der Waals surface area contributed by atoms with Gasteiger partial charge in [0.1, 0.15) is 5.75 Å². The molecule has 1 amide bonds. The Morgan fingerprint density at radius 1 is 0.939 bits per heavy atom. The van der Waals surface area contributed by atoms with E-state index in [4.69, 9.17) is 21.1 Å². The van der Waals surface area contributed by atoms with Crippen LogP contribution >= 0.6 is 11.6 Å². The van der Waals surface area contributed by atoms with Crippen molar-refractivity contribution in [2.45, 2.75) is 17.9 Å². The number of nitrogens with one attached hydrogen (secondary N) is 2. The number of ether oxygens (including phenoxy) is 2. The van der Waals surface area contributed by atoms with Gasteiger partial charge in [0.15, 0.2) is 6.10 Å². The van der Waals surface area contributed by atoms with Gasteiger partial charge in [-0.05, 0) is 67.6 Å². The lowest BCUT2D eigenvalue weighted by molar-refractivity contribution is -0.123. The van der Waals surface area contributed by atoms with Gasteiger partial charge in [-0.25, -0.2) is 13.2 Å². The zero-order valence-electron chi connectivity index (χ0n) is 17.7. The Bertz CT molecular complexity index is 1260. The molecule has 10 heteroatoms. The van der Waals surface area contributed by atoms with Gasteiger partial charge >= 0.3 is 5.97 Å². The second-order valence-electron chi connectivity index (χ2n) is 6.91. The number of rotatable bonds is 8. The minimum atomic E-state index is -3.97. The van der Waals surface area contributed by atoms with Crippen molar-refractivity contribution in [3.63, 3.8) is 0 Å². The van der Waals surface area contributed by atoms with Crippen LogP contribution in [0.15, 0.2) is 77.7 Å². The molecule has 0 aliphatic rings. The van der Waals surface area contributed by atoms with E-state index in [0.717, 1.165) is 0 Å². The number of anilines is 2. The Kier molecular flexibility index (Phi) is 7.57. The molecule has 3 rings (SSSR count). The van der Waals surface area contributed by atoms with Crippen LogP contribution in [0.4, 0.5) is 11.4 Å². The molecule has 172 valence electrons. The quantitative estimate of drug-likeness (QED) is 0.456. The van der Waals surface area contributed by atoms with Crippen LogP contribution in [-0.4, -0.2) is 33.5 Å². The Balaban J connectivity index is 1.68. The minimum absolute atomic E-state index is 0.0185. The summed E-state index contributed by atoms with van der Waals surface area (Å²) in [5.74, 6) is -0.822. The molecule has 1 atom stereocenters. The van der Waals surface area contributed by atoms with Crippen LogP contribution in [-0.2, 0) is 19.6 Å². The molecular formula is C23H21ClN2O6S. The Morgan fingerprint density at radius 2 is 1.64 bits per heavy atom. The third-order valence-corrected chi connectivity index (χ3v) is 6.08. The summed E-state index contributed by atoms with van der Waals surface area (Å²) in [6.07, 6.45) is -1.13. The van der Waals surface area contributed by atoms with Gasteiger partial charge in [-0.2, -0.15) is 0 Å². The molecule has 0 aliphatic heterocycles. The van der Waals surface area contributed by atoms with Gasteiger partial charge in [0.25, 0.3) is 15.9 Å². The number of benzene rings is 3. The number of halogens is 1. The molecule has 0 fully saturated rings. The standard InChI is InChI=1S/C23H21ClN2O6S/c1-15(22(27)25-19-7-4-6-17(24)14-19)32-23(28)16-5-3-8-21(13-16)33(29,30)26-18-9-11-20(31-2)12-10-18/h3-15,26H,1-2H3,(H,25,27). The average molecular weight is 489 g/mol. The molecule has 0 spiro atoms. The molecule has 1 unspecified atom stereocenters. The number of esters is 1. The first-order valence-corrected chi connectivity index (χ1v) is 11.6. The van der Waals surface area contributed by atoms with Crippen molar-refractivity contribution in [1.82, 2.24) is 0 Å². The number of sulfonamides is 1. The molecule has 0 aromatic heterocycles. The van der Waals surface area contributed by atoms with E-state index >= 15 is 0 Å². The topological polar surface area (TPSA) is 111 Å². The summed E-state index contributed by atoms with van der Waals surface area (Å²) in [5.41, 5.74) is 0.762. The summed E-state index contributed by atoms with van der Waals surface area (Å²) in [5, 5.41) is 3.04. The summed E-state index contributed by atoms with van der Waals surface area (Å²) in [6, 6.07) is 18.2. The third-order valence-electron chi connectivity index (χ3n) is 4.47. The molecule has 0 radical (unpaired) electrons. The van der Waals surface area contributed by atoms with Gasteiger partial charge in [0, 0.05) is 16.4 Å². The number of carbonyl (C=O) groups is 2. The molecule has 3 aromatic rings. The van der Waals surface area contributed by atoms with Crippen molar-refractivity contribution in [1.29, 1.82) is 0 Å². The fourth-order valence-electron chi connectivity index (χ4n) is 2.76. The van der Waals surface area contributed by atoms with Crippen molar-refractivity contribution in [3.05, 3.63) is 83.4 Å². The first-order chi connectivity index (χ1) is 15.7. The predicted octanol–water partition coefficient (Wildman–Crippen LogP) is 4.33. The zero-order chi connectivity index (χ0) is 24.0. The zero-order valence-corrected chi connectivity index (χ0v) is 19.3. The first kappa shape index (κ1) is 24.1. The third kappa shape index (κ3) is 6.47. The van der Waals surface area contributed by atoms with E-state index in [9.17, 15) is 18.0 Å². The van der Waals surface area contributed by atoms with Gasteiger partial charge < -0.3 is 14.8 Å². The maximum absolute atomic E-state index is 12.7. The lowest BCUT2D eigenvalue weighted by Gasteiger charge is -2.14. The van der Waals surface area contributed by atoms with E-state index in [0.29, 0.717) is 22.1 Å². The summed E-state index contributed by atoms with van der Waals surface area (Å²) in [4.78, 5) is 24.7. The molecule has 0 bridgehead atoms. The number of amides is 1. The number of carbonyl (C=O) groups excluding carboxylic acids is 2. The fraction of sp³-hybridized carbons (Fsp3) is 0.130. The average Bonchev–Trinajstić information content (AvgIpc) is 2.79. The van der Waals surface area contributed by atoms with E-state index < -0.39 is 28.0 Å². The van der Waals surface area contributed by atoms with E-state index in [2.05, 4.69) is 10.0 Å². The SMILES string of the molecule is COc1ccc(NS(=O)(=O)c2cccc(C(=O)OC(C)C(=O)Nc3cccc(Cl)c3)c2)cc1. The van der Waals surface area contributed by atoms with E-state index in [-0.39, 0.29) is 10.5 Å².